The Bertz CT molecular complexity index is 927. The Hall–Kier alpha value is -3.47. The van der Waals surface area contributed by atoms with Crippen molar-refractivity contribution >= 4 is 5.91 Å². The number of carbonyl (C=O) groups is 1. The average molecular weight is 391 g/mol. The van der Waals surface area contributed by atoms with Gasteiger partial charge >= 0.3 is 0 Å². The molecule has 0 aliphatic carbocycles. The fraction of sp³-hybridized carbons (Fsp3) is 0.208. The molecule has 0 unspecified atom stereocenters. The Morgan fingerprint density at radius 2 is 1.48 bits per heavy atom. The molecule has 0 fully saturated rings. The first-order valence-corrected chi connectivity index (χ1v) is 9.37. The Balaban J connectivity index is 1.75. The third-order valence-corrected chi connectivity index (χ3v) is 4.52. The summed E-state index contributed by atoms with van der Waals surface area (Å²) in [6, 6.07) is 21.2. The van der Waals surface area contributed by atoms with E-state index in [2.05, 4.69) is 5.32 Å². The van der Waals surface area contributed by atoms with Crippen molar-refractivity contribution in [1.29, 1.82) is 0 Å². The number of ether oxygens (including phenoxy) is 3. The van der Waals surface area contributed by atoms with Gasteiger partial charge in [0.1, 0.15) is 6.61 Å². The highest BCUT2D eigenvalue weighted by Crippen LogP contribution is 2.39. The molecule has 1 N–H and O–H groups in total. The number of benzene rings is 3. The van der Waals surface area contributed by atoms with Crippen molar-refractivity contribution in [2.75, 3.05) is 14.2 Å². The molecule has 0 aromatic heterocycles. The molecule has 5 heteroatoms. The largest absolute Gasteiger partial charge is 0.493 e. The van der Waals surface area contributed by atoms with E-state index in [-0.39, 0.29) is 5.91 Å². The summed E-state index contributed by atoms with van der Waals surface area (Å²) in [5, 5.41) is 2.92. The molecule has 1 amide bonds. The molecular weight excluding hydrogens is 366 g/mol. The lowest BCUT2D eigenvalue weighted by molar-refractivity contribution is 0.0950. The van der Waals surface area contributed by atoms with Crippen molar-refractivity contribution in [3.63, 3.8) is 0 Å². The smallest absolute Gasteiger partial charge is 0.251 e. The van der Waals surface area contributed by atoms with Crippen molar-refractivity contribution < 1.29 is 19.0 Å². The molecule has 0 saturated heterocycles. The van der Waals surface area contributed by atoms with Crippen molar-refractivity contribution in [3.05, 3.63) is 89.0 Å². The van der Waals surface area contributed by atoms with Gasteiger partial charge in [0.25, 0.3) is 5.91 Å². The first kappa shape index (κ1) is 20.3. The van der Waals surface area contributed by atoms with Gasteiger partial charge in [0, 0.05) is 12.1 Å². The molecule has 150 valence electrons. The zero-order chi connectivity index (χ0) is 20.6. The Morgan fingerprint density at radius 3 is 2.07 bits per heavy atom. The van der Waals surface area contributed by atoms with E-state index in [4.69, 9.17) is 14.2 Å². The SMILES string of the molecule is COc1cc(C(=O)NCc2ccc(C)cc2)cc(OC)c1OCc1ccccc1. The van der Waals surface area contributed by atoms with Crippen molar-refractivity contribution in [1.82, 2.24) is 5.32 Å². The molecule has 0 saturated carbocycles. The highest BCUT2D eigenvalue weighted by Gasteiger charge is 2.18. The minimum Gasteiger partial charge on any atom is -0.493 e. The Kier molecular flexibility index (Phi) is 6.74. The summed E-state index contributed by atoms with van der Waals surface area (Å²) in [4.78, 5) is 12.6. The lowest BCUT2D eigenvalue weighted by Crippen LogP contribution is -2.23. The molecule has 29 heavy (non-hydrogen) atoms. The van der Waals surface area contributed by atoms with Crippen LogP contribution in [0.3, 0.4) is 0 Å². The van der Waals surface area contributed by atoms with Gasteiger partial charge in [-0.05, 0) is 30.2 Å². The summed E-state index contributed by atoms with van der Waals surface area (Å²) in [6.45, 7) is 2.84. The Labute approximate surface area is 171 Å². The maximum atomic E-state index is 12.6. The monoisotopic (exact) mass is 391 g/mol. The van der Waals surface area contributed by atoms with E-state index in [1.54, 1.807) is 12.1 Å². The highest BCUT2D eigenvalue weighted by molar-refractivity contribution is 5.95. The summed E-state index contributed by atoms with van der Waals surface area (Å²) in [7, 11) is 3.08. The van der Waals surface area contributed by atoms with Crippen LogP contribution in [0.2, 0.25) is 0 Å². The molecule has 0 atom stereocenters. The van der Waals surface area contributed by atoms with Gasteiger partial charge in [-0.1, -0.05) is 60.2 Å². The second-order valence-electron chi connectivity index (χ2n) is 6.65. The molecule has 3 aromatic carbocycles. The maximum Gasteiger partial charge on any atom is 0.251 e. The van der Waals surface area contributed by atoms with E-state index in [1.807, 2.05) is 61.5 Å². The van der Waals surface area contributed by atoms with Crippen molar-refractivity contribution in [2.45, 2.75) is 20.1 Å². The summed E-state index contributed by atoms with van der Waals surface area (Å²) < 4.78 is 16.8. The quantitative estimate of drug-likeness (QED) is 0.613. The zero-order valence-corrected chi connectivity index (χ0v) is 16.9. The molecular formula is C24H25NO4. The minimum absolute atomic E-state index is 0.211. The van der Waals surface area contributed by atoms with Crippen LogP contribution >= 0.6 is 0 Å². The third kappa shape index (κ3) is 5.29. The first-order valence-electron chi connectivity index (χ1n) is 9.37. The van der Waals surface area contributed by atoms with E-state index in [9.17, 15) is 4.79 Å². The fourth-order valence-electron chi connectivity index (χ4n) is 2.87. The van der Waals surface area contributed by atoms with Gasteiger partial charge in [-0.3, -0.25) is 4.79 Å². The highest BCUT2D eigenvalue weighted by atomic mass is 16.5. The lowest BCUT2D eigenvalue weighted by Gasteiger charge is -2.16. The third-order valence-electron chi connectivity index (χ3n) is 4.52. The van der Waals surface area contributed by atoms with Gasteiger partial charge in [0.05, 0.1) is 14.2 Å². The summed E-state index contributed by atoms with van der Waals surface area (Å²) in [5.41, 5.74) is 3.68. The van der Waals surface area contributed by atoms with Crippen LogP contribution in [0.5, 0.6) is 17.2 Å². The van der Waals surface area contributed by atoms with E-state index in [1.165, 1.54) is 19.8 Å². The molecule has 0 aliphatic rings. The van der Waals surface area contributed by atoms with E-state index in [0.717, 1.165) is 11.1 Å². The summed E-state index contributed by atoms with van der Waals surface area (Å²) in [6.07, 6.45) is 0. The van der Waals surface area contributed by atoms with Crippen LogP contribution in [0.15, 0.2) is 66.7 Å². The predicted molar refractivity (Wildman–Crippen MR) is 113 cm³/mol. The van der Waals surface area contributed by atoms with Crippen LogP contribution in [0.4, 0.5) is 0 Å². The molecule has 3 rings (SSSR count). The van der Waals surface area contributed by atoms with Crippen LogP contribution in [-0.2, 0) is 13.2 Å². The number of carbonyl (C=O) groups excluding carboxylic acids is 1. The number of methoxy groups -OCH3 is 2. The first-order chi connectivity index (χ1) is 14.1. The summed E-state index contributed by atoms with van der Waals surface area (Å²) in [5.74, 6) is 1.15. The van der Waals surface area contributed by atoms with Crippen LogP contribution in [-0.4, -0.2) is 20.1 Å². The maximum absolute atomic E-state index is 12.6. The van der Waals surface area contributed by atoms with Gasteiger partial charge in [-0.25, -0.2) is 0 Å². The predicted octanol–water partition coefficient (Wildman–Crippen LogP) is 4.52. The van der Waals surface area contributed by atoms with Gasteiger partial charge in [-0.2, -0.15) is 0 Å². The number of nitrogens with one attached hydrogen (secondary N) is 1. The van der Waals surface area contributed by atoms with Gasteiger partial charge < -0.3 is 19.5 Å². The normalized spacial score (nSPS) is 10.3. The van der Waals surface area contributed by atoms with Gasteiger partial charge in [0.2, 0.25) is 5.75 Å². The molecule has 0 radical (unpaired) electrons. The van der Waals surface area contributed by atoms with Crippen molar-refractivity contribution in [3.8, 4) is 17.2 Å². The van der Waals surface area contributed by atoms with Crippen LogP contribution in [0, 0.1) is 6.92 Å². The topological polar surface area (TPSA) is 56.8 Å². The Morgan fingerprint density at radius 1 is 0.862 bits per heavy atom. The molecule has 0 heterocycles. The number of hydrogen-bond acceptors (Lipinski definition) is 4. The van der Waals surface area contributed by atoms with Crippen LogP contribution in [0.1, 0.15) is 27.0 Å². The number of aryl methyl sites for hydroxylation is 1. The van der Waals surface area contributed by atoms with Crippen molar-refractivity contribution in [2.24, 2.45) is 0 Å². The fourth-order valence-corrected chi connectivity index (χ4v) is 2.87. The molecule has 3 aromatic rings. The average Bonchev–Trinajstić information content (AvgIpc) is 2.77. The van der Waals surface area contributed by atoms with Crippen LogP contribution in [0.25, 0.3) is 0 Å². The molecule has 0 aliphatic heterocycles. The zero-order valence-electron chi connectivity index (χ0n) is 16.9. The summed E-state index contributed by atoms with van der Waals surface area (Å²) >= 11 is 0. The standard InChI is InChI=1S/C24H25NO4/c1-17-9-11-18(12-10-17)15-25-24(26)20-13-21(27-2)23(22(14-20)28-3)29-16-19-7-5-4-6-8-19/h4-14H,15-16H2,1-3H3,(H,25,26). The molecule has 5 nitrogen and oxygen atoms in total. The second kappa shape index (κ2) is 9.64. The minimum atomic E-state index is -0.211. The second-order valence-corrected chi connectivity index (χ2v) is 6.65. The lowest BCUT2D eigenvalue weighted by atomic mass is 10.1. The van der Waals surface area contributed by atoms with Crippen LogP contribution < -0.4 is 19.5 Å². The molecule has 0 bridgehead atoms. The number of rotatable bonds is 8. The molecule has 0 spiro atoms. The number of hydrogen-bond donors (Lipinski definition) is 1. The number of amides is 1. The van der Waals surface area contributed by atoms with Gasteiger partial charge in [0.15, 0.2) is 11.5 Å². The van der Waals surface area contributed by atoms with E-state index < -0.39 is 0 Å². The van der Waals surface area contributed by atoms with E-state index >= 15 is 0 Å². The van der Waals surface area contributed by atoms with Gasteiger partial charge in [-0.15, -0.1) is 0 Å². The van der Waals surface area contributed by atoms with E-state index in [0.29, 0.717) is 36.0 Å².